The largest absolute Gasteiger partial charge is 0.507 e. The summed E-state index contributed by atoms with van der Waals surface area (Å²) < 4.78 is 11.5. The number of ether oxygens (including phenoxy) is 1. The Kier molecular flexibility index (Phi) is 3.72. The normalized spacial score (nSPS) is 11.2. The Morgan fingerprint density at radius 3 is 2.43 bits per heavy atom. The van der Waals surface area contributed by atoms with Crippen LogP contribution in [0.4, 0.5) is 0 Å². The molecule has 0 unspecified atom stereocenters. The lowest BCUT2D eigenvalue weighted by molar-refractivity contribution is 0.397. The van der Waals surface area contributed by atoms with Crippen LogP contribution in [0.15, 0.2) is 77.2 Å². The van der Waals surface area contributed by atoms with E-state index in [1.165, 1.54) is 0 Å². The van der Waals surface area contributed by atoms with Crippen LogP contribution in [0.1, 0.15) is 0 Å². The lowest BCUT2D eigenvalue weighted by Gasteiger charge is -2.09. The summed E-state index contributed by atoms with van der Waals surface area (Å²) in [6.45, 7) is 0. The minimum Gasteiger partial charge on any atom is -0.507 e. The molecule has 0 fully saturated rings. The van der Waals surface area contributed by atoms with Crippen LogP contribution in [0, 0.1) is 0 Å². The highest BCUT2D eigenvalue weighted by atomic mass is 16.5. The van der Waals surface area contributed by atoms with Crippen molar-refractivity contribution in [3.05, 3.63) is 72.8 Å². The van der Waals surface area contributed by atoms with Gasteiger partial charge in [-0.3, -0.25) is 0 Å². The number of rotatable bonds is 3. The van der Waals surface area contributed by atoms with Crippen LogP contribution in [0.2, 0.25) is 0 Å². The molecule has 1 N–H and O–H groups in total. The van der Waals surface area contributed by atoms with Gasteiger partial charge in [-0.1, -0.05) is 42.5 Å². The molecule has 2 heterocycles. The summed E-state index contributed by atoms with van der Waals surface area (Å²) in [6.07, 6.45) is 0. The molecule has 136 valence electrons. The zero-order valence-electron chi connectivity index (χ0n) is 15.1. The second kappa shape index (κ2) is 6.39. The highest BCUT2D eigenvalue weighted by Gasteiger charge is 2.16. The van der Waals surface area contributed by atoms with E-state index in [0.717, 1.165) is 27.5 Å². The highest BCUT2D eigenvalue weighted by Crippen LogP contribution is 2.37. The molecule has 0 spiro atoms. The predicted octanol–water partition coefficient (Wildman–Crippen LogP) is 5.42. The first-order valence-corrected chi connectivity index (χ1v) is 8.86. The van der Waals surface area contributed by atoms with E-state index in [4.69, 9.17) is 14.1 Å². The summed E-state index contributed by atoms with van der Waals surface area (Å²) in [5.41, 5.74) is 3.62. The lowest BCUT2D eigenvalue weighted by Crippen LogP contribution is -1.97. The molecule has 0 aliphatic heterocycles. The van der Waals surface area contributed by atoms with Crippen LogP contribution in [-0.4, -0.2) is 22.2 Å². The van der Waals surface area contributed by atoms with Crippen molar-refractivity contribution in [2.24, 2.45) is 0 Å². The van der Waals surface area contributed by atoms with Crippen molar-refractivity contribution in [1.82, 2.24) is 9.97 Å². The van der Waals surface area contributed by atoms with E-state index < -0.39 is 0 Å². The monoisotopic (exact) mass is 368 g/mol. The van der Waals surface area contributed by atoms with Crippen molar-refractivity contribution >= 4 is 21.9 Å². The van der Waals surface area contributed by atoms with Crippen molar-refractivity contribution in [3.8, 4) is 34.3 Å². The fourth-order valence-corrected chi connectivity index (χ4v) is 3.40. The number of methoxy groups -OCH3 is 1. The van der Waals surface area contributed by atoms with E-state index in [2.05, 4.69) is 4.98 Å². The lowest BCUT2D eigenvalue weighted by atomic mass is 10.1. The van der Waals surface area contributed by atoms with Gasteiger partial charge in [-0.25, -0.2) is 4.98 Å². The molecule has 0 bridgehead atoms. The molecule has 0 amide bonds. The van der Waals surface area contributed by atoms with Crippen LogP contribution >= 0.6 is 0 Å². The summed E-state index contributed by atoms with van der Waals surface area (Å²) in [6, 6.07) is 22.7. The molecule has 0 aliphatic rings. The van der Waals surface area contributed by atoms with E-state index in [1.807, 2.05) is 48.5 Å². The van der Waals surface area contributed by atoms with Gasteiger partial charge >= 0.3 is 0 Å². The van der Waals surface area contributed by atoms with Gasteiger partial charge < -0.3 is 14.3 Å². The van der Waals surface area contributed by atoms with Gasteiger partial charge in [-0.2, -0.15) is 4.98 Å². The van der Waals surface area contributed by atoms with Crippen LogP contribution < -0.4 is 4.74 Å². The molecule has 5 rings (SSSR count). The van der Waals surface area contributed by atoms with E-state index >= 15 is 0 Å². The van der Waals surface area contributed by atoms with Crippen molar-refractivity contribution in [2.45, 2.75) is 0 Å². The molecule has 5 aromatic rings. The Bertz CT molecular complexity index is 1320. The van der Waals surface area contributed by atoms with Crippen LogP contribution in [0.25, 0.3) is 44.6 Å². The molecular weight excluding hydrogens is 352 g/mol. The standard InChI is InChI=1S/C23H16N2O3/c1-27-21-13-18(24-23(25-21)17-8-2-4-11-19(17)26)16-10-6-9-15-14-7-3-5-12-20(14)28-22(15)16/h2-13,26H,1H3. The number of phenolic OH excluding ortho intramolecular Hbond substituents is 1. The maximum Gasteiger partial charge on any atom is 0.217 e. The Labute approximate surface area is 160 Å². The molecule has 0 aliphatic carbocycles. The first-order valence-electron chi connectivity index (χ1n) is 8.86. The van der Waals surface area contributed by atoms with Gasteiger partial charge in [0.05, 0.1) is 18.4 Å². The summed E-state index contributed by atoms with van der Waals surface area (Å²) >= 11 is 0. The number of aromatic nitrogens is 2. The second-order valence-electron chi connectivity index (χ2n) is 6.42. The van der Waals surface area contributed by atoms with E-state index in [9.17, 15) is 5.11 Å². The molecule has 0 saturated carbocycles. The van der Waals surface area contributed by atoms with Gasteiger partial charge in [0.15, 0.2) is 5.82 Å². The smallest absolute Gasteiger partial charge is 0.217 e. The fourth-order valence-electron chi connectivity index (χ4n) is 3.40. The minimum absolute atomic E-state index is 0.114. The number of nitrogens with zero attached hydrogens (tertiary/aromatic N) is 2. The van der Waals surface area contributed by atoms with Gasteiger partial charge in [-0.15, -0.1) is 0 Å². The predicted molar refractivity (Wildman–Crippen MR) is 108 cm³/mol. The molecule has 2 aromatic heterocycles. The maximum atomic E-state index is 10.2. The third-order valence-corrected chi connectivity index (χ3v) is 4.74. The first kappa shape index (κ1) is 16.3. The van der Waals surface area contributed by atoms with Gasteiger partial charge in [0.1, 0.15) is 16.9 Å². The SMILES string of the molecule is COc1cc(-c2cccc3c2oc2ccccc23)nc(-c2ccccc2O)n1. The highest BCUT2D eigenvalue weighted by molar-refractivity contribution is 6.09. The molecule has 28 heavy (non-hydrogen) atoms. The first-order chi connectivity index (χ1) is 13.7. The number of aromatic hydroxyl groups is 1. The summed E-state index contributed by atoms with van der Waals surface area (Å²) in [4.78, 5) is 9.10. The van der Waals surface area contributed by atoms with Gasteiger partial charge in [0, 0.05) is 22.4 Å². The summed E-state index contributed by atoms with van der Waals surface area (Å²) in [5.74, 6) is 0.917. The van der Waals surface area contributed by atoms with Crippen LogP contribution in [0.5, 0.6) is 11.6 Å². The van der Waals surface area contributed by atoms with Crippen LogP contribution in [0.3, 0.4) is 0 Å². The molecule has 0 saturated heterocycles. The Balaban J connectivity index is 1.78. The number of phenols is 1. The van der Waals surface area contributed by atoms with Crippen molar-refractivity contribution in [3.63, 3.8) is 0 Å². The number of para-hydroxylation sites is 3. The summed E-state index contributed by atoms with van der Waals surface area (Å²) in [5, 5.41) is 12.3. The average Bonchev–Trinajstić information content (AvgIpc) is 3.12. The van der Waals surface area contributed by atoms with Gasteiger partial charge in [0.25, 0.3) is 0 Å². The molecule has 3 aromatic carbocycles. The Morgan fingerprint density at radius 1 is 0.821 bits per heavy atom. The minimum atomic E-state index is 0.114. The zero-order chi connectivity index (χ0) is 19.1. The summed E-state index contributed by atoms with van der Waals surface area (Å²) in [7, 11) is 1.56. The van der Waals surface area contributed by atoms with E-state index in [0.29, 0.717) is 23.0 Å². The zero-order valence-corrected chi connectivity index (χ0v) is 15.1. The van der Waals surface area contributed by atoms with Crippen molar-refractivity contribution < 1.29 is 14.3 Å². The average molecular weight is 368 g/mol. The van der Waals surface area contributed by atoms with E-state index in [1.54, 1.807) is 31.4 Å². The van der Waals surface area contributed by atoms with Gasteiger partial charge in [0.2, 0.25) is 5.88 Å². The third kappa shape index (κ3) is 2.56. The third-order valence-electron chi connectivity index (χ3n) is 4.74. The number of furan rings is 1. The van der Waals surface area contributed by atoms with E-state index in [-0.39, 0.29) is 5.75 Å². The van der Waals surface area contributed by atoms with Crippen LogP contribution in [-0.2, 0) is 0 Å². The topological polar surface area (TPSA) is 68.4 Å². The number of hydrogen-bond donors (Lipinski definition) is 1. The number of hydrogen-bond acceptors (Lipinski definition) is 5. The quantitative estimate of drug-likeness (QED) is 0.460. The molecule has 5 heteroatoms. The second-order valence-corrected chi connectivity index (χ2v) is 6.42. The van der Waals surface area contributed by atoms with Crippen molar-refractivity contribution in [1.29, 1.82) is 0 Å². The fraction of sp³-hybridized carbons (Fsp3) is 0.0435. The molecule has 5 nitrogen and oxygen atoms in total. The number of benzene rings is 3. The van der Waals surface area contributed by atoms with Crippen molar-refractivity contribution in [2.75, 3.05) is 7.11 Å². The molecule has 0 radical (unpaired) electrons. The maximum absolute atomic E-state index is 10.2. The van der Waals surface area contributed by atoms with Gasteiger partial charge in [-0.05, 0) is 24.3 Å². The Morgan fingerprint density at radius 2 is 1.57 bits per heavy atom. The Hall–Kier alpha value is -3.86. The molecule has 0 atom stereocenters. The number of fused-ring (bicyclic) bond motifs is 3. The molecular formula is C23H16N2O3.